The molecule has 0 aromatic heterocycles. The molecule has 0 spiro atoms. The molecule has 1 rings (SSSR count). The van der Waals surface area contributed by atoms with Crippen LogP contribution in [-0.4, -0.2) is 35.5 Å². The third-order valence-corrected chi connectivity index (χ3v) is 3.01. The van der Waals surface area contributed by atoms with Crippen molar-refractivity contribution in [1.82, 2.24) is 0 Å². The molecule has 1 aliphatic heterocycles. The maximum atomic E-state index is 11.3. The highest BCUT2D eigenvalue weighted by Crippen LogP contribution is 2.31. The van der Waals surface area contributed by atoms with E-state index in [0.717, 1.165) is 6.42 Å². The molecule has 4 heteroatoms. The van der Waals surface area contributed by atoms with E-state index in [1.807, 2.05) is 20.8 Å². The molecule has 0 saturated carbocycles. The standard InChI is InChI=1S/C11H20O4/c1-4-10(2,3)15-11(9(12)13)5-7-14-8-6-11/h4-8H2,1-3H3,(H,12,13). The number of ether oxygens (including phenoxy) is 2. The van der Waals surface area contributed by atoms with Gasteiger partial charge in [0, 0.05) is 26.1 Å². The number of hydrogen-bond acceptors (Lipinski definition) is 3. The molecule has 1 saturated heterocycles. The average Bonchev–Trinajstić information content (AvgIpc) is 2.18. The largest absolute Gasteiger partial charge is 0.479 e. The molecule has 0 bridgehead atoms. The van der Waals surface area contributed by atoms with Crippen LogP contribution in [-0.2, 0) is 14.3 Å². The van der Waals surface area contributed by atoms with E-state index in [1.54, 1.807) is 0 Å². The number of aliphatic carboxylic acids is 1. The summed E-state index contributed by atoms with van der Waals surface area (Å²) in [6, 6.07) is 0. The topological polar surface area (TPSA) is 55.8 Å². The molecule has 0 atom stereocenters. The molecule has 0 radical (unpaired) electrons. The Hall–Kier alpha value is -0.610. The summed E-state index contributed by atoms with van der Waals surface area (Å²) < 4.78 is 11.0. The van der Waals surface area contributed by atoms with Gasteiger partial charge in [-0.25, -0.2) is 4.79 Å². The number of carbonyl (C=O) groups is 1. The smallest absolute Gasteiger partial charge is 0.336 e. The molecule has 4 nitrogen and oxygen atoms in total. The highest BCUT2D eigenvalue weighted by Gasteiger charge is 2.44. The molecule has 1 heterocycles. The first-order valence-electron chi connectivity index (χ1n) is 5.43. The van der Waals surface area contributed by atoms with Gasteiger partial charge in [0.25, 0.3) is 0 Å². The average molecular weight is 216 g/mol. The lowest BCUT2D eigenvalue weighted by Crippen LogP contribution is -2.51. The van der Waals surface area contributed by atoms with Crippen LogP contribution in [0.4, 0.5) is 0 Å². The summed E-state index contributed by atoms with van der Waals surface area (Å²) in [7, 11) is 0. The van der Waals surface area contributed by atoms with E-state index in [4.69, 9.17) is 9.47 Å². The number of rotatable bonds is 4. The summed E-state index contributed by atoms with van der Waals surface area (Å²) in [6.45, 7) is 6.77. The first kappa shape index (κ1) is 12.5. The van der Waals surface area contributed by atoms with Gasteiger partial charge in [-0.05, 0) is 20.3 Å². The molecule has 0 aromatic rings. The van der Waals surface area contributed by atoms with Gasteiger partial charge < -0.3 is 14.6 Å². The van der Waals surface area contributed by atoms with Crippen LogP contribution in [0.5, 0.6) is 0 Å². The summed E-state index contributed by atoms with van der Waals surface area (Å²) >= 11 is 0. The first-order valence-corrected chi connectivity index (χ1v) is 5.43. The molecular weight excluding hydrogens is 196 g/mol. The zero-order valence-electron chi connectivity index (χ0n) is 9.71. The van der Waals surface area contributed by atoms with Gasteiger partial charge in [0.05, 0.1) is 5.60 Å². The molecule has 15 heavy (non-hydrogen) atoms. The van der Waals surface area contributed by atoms with Gasteiger partial charge in [-0.2, -0.15) is 0 Å². The predicted octanol–water partition coefficient (Wildman–Crippen LogP) is 1.83. The van der Waals surface area contributed by atoms with Crippen molar-refractivity contribution >= 4 is 5.97 Å². The van der Waals surface area contributed by atoms with Gasteiger partial charge in [0.15, 0.2) is 5.60 Å². The Morgan fingerprint density at radius 2 is 2.00 bits per heavy atom. The van der Waals surface area contributed by atoms with Crippen molar-refractivity contribution in [2.24, 2.45) is 0 Å². The van der Waals surface area contributed by atoms with Crippen LogP contribution >= 0.6 is 0 Å². The summed E-state index contributed by atoms with van der Waals surface area (Å²) in [5.41, 5.74) is -1.44. The molecule has 1 fully saturated rings. The lowest BCUT2D eigenvalue weighted by atomic mass is 9.92. The van der Waals surface area contributed by atoms with E-state index in [2.05, 4.69) is 0 Å². The fourth-order valence-corrected chi connectivity index (χ4v) is 1.66. The highest BCUT2D eigenvalue weighted by atomic mass is 16.6. The fraction of sp³-hybridized carbons (Fsp3) is 0.909. The van der Waals surface area contributed by atoms with Crippen LogP contribution in [0, 0.1) is 0 Å². The maximum Gasteiger partial charge on any atom is 0.336 e. The molecule has 0 amide bonds. The lowest BCUT2D eigenvalue weighted by molar-refractivity contribution is -0.204. The van der Waals surface area contributed by atoms with E-state index in [0.29, 0.717) is 26.1 Å². The van der Waals surface area contributed by atoms with E-state index < -0.39 is 17.2 Å². The first-order chi connectivity index (χ1) is 6.92. The SMILES string of the molecule is CCC(C)(C)OC1(C(=O)O)CCOCC1. The van der Waals surface area contributed by atoms with Crippen LogP contribution in [0.3, 0.4) is 0 Å². The third-order valence-electron chi connectivity index (χ3n) is 3.01. The van der Waals surface area contributed by atoms with Crippen LogP contribution in [0.15, 0.2) is 0 Å². The lowest BCUT2D eigenvalue weighted by Gasteiger charge is -2.39. The van der Waals surface area contributed by atoms with Crippen molar-refractivity contribution in [1.29, 1.82) is 0 Å². The summed E-state index contributed by atoms with van der Waals surface area (Å²) in [5, 5.41) is 9.27. The Balaban J connectivity index is 2.77. The Labute approximate surface area is 90.6 Å². The van der Waals surface area contributed by atoms with Crippen molar-refractivity contribution in [2.45, 2.75) is 51.2 Å². The Morgan fingerprint density at radius 3 is 2.40 bits per heavy atom. The second-order valence-corrected chi connectivity index (χ2v) is 4.63. The monoisotopic (exact) mass is 216 g/mol. The van der Waals surface area contributed by atoms with Crippen LogP contribution < -0.4 is 0 Å². The minimum atomic E-state index is -1.04. The van der Waals surface area contributed by atoms with Gasteiger partial charge in [0.1, 0.15) is 0 Å². The molecule has 0 aliphatic carbocycles. The van der Waals surface area contributed by atoms with Crippen molar-refractivity contribution in [3.05, 3.63) is 0 Å². The van der Waals surface area contributed by atoms with E-state index in [9.17, 15) is 9.90 Å². The van der Waals surface area contributed by atoms with Gasteiger partial charge in [0.2, 0.25) is 0 Å². The minimum absolute atomic E-state index is 0.393. The Kier molecular flexibility index (Phi) is 3.73. The second kappa shape index (κ2) is 4.49. The van der Waals surface area contributed by atoms with Crippen LogP contribution in [0.2, 0.25) is 0 Å². The molecule has 88 valence electrons. The Bertz CT molecular complexity index is 229. The number of hydrogen-bond donors (Lipinski definition) is 1. The van der Waals surface area contributed by atoms with Gasteiger partial charge in [-0.3, -0.25) is 0 Å². The van der Waals surface area contributed by atoms with E-state index in [1.165, 1.54) is 0 Å². The zero-order valence-corrected chi connectivity index (χ0v) is 9.71. The summed E-state index contributed by atoms with van der Waals surface area (Å²) in [5.74, 6) is -0.868. The Morgan fingerprint density at radius 1 is 1.47 bits per heavy atom. The zero-order chi connectivity index (χ0) is 11.5. The minimum Gasteiger partial charge on any atom is -0.479 e. The second-order valence-electron chi connectivity index (χ2n) is 4.63. The molecular formula is C11H20O4. The molecule has 0 unspecified atom stereocenters. The number of carboxylic acids is 1. The maximum absolute atomic E-state index is 11.3. The fourth-order valence-electron chi connectivity index (χ4n) is 1.66. The van der Waals surface area contributed by atoms with Crippen molar-refractivity contribution in [3.8, 4) is 0 Å². The number of carboxylic acid groups (broad SMARTS) is 1. The predicted molar refractivity (Wildman–Crippen MR) is 55.9 cm³/mol. The van der Waals surface area contributed by atoms with E-state index in [-0.39, 0.29) is 0 Å². The van der Waals surface area contributed by atoms with Crippen LogP contribution in [0.25, 0.3) is 0 Å². The van der Waals surface area contributed by atoms with Gasteiger partial charge >= 0.3 is 5.97 Å². The van der Waals surface area contributed by atoms with Crippen molar-refractivity contribution in [2.75, 3.05) is 13.2 Å². The molecule has 1 N–H and O–H groups in total. The normalized spacial score (nSPS) is 21.3. The van der Waals surface area contributed by atoms with Gasteiger partial charge in [-0.15, -0.1) is 0 Å². The molecule has 0 aromatic carbocycles. The summed E-state index contributed by atoms with van der Waals surface area (Å²) in [6.07, 6.45) is 1.67. The quantitative estimate of drug-likeness (QED) is 0.778. The van der Waals surface area contributed by atoms with Gasteiger partial charge in [-0.1, -0.05) is 6.92 Å². The van der Waals surface area contributed by atoms with Crippen molar-refractivity contribution < 1.29 is 19.4 Å². The molecule has 1 aliphatic rings. The van der Waals surface area contributed by atoms with Crippen molar-refractivity contribution in [3.63, 3.8) is 0 Å². The highest BCUT2D eigenvalue weighted by molar-refractivity contribution is 5.77. The van der Waals surface area contributed by atoms with E-state index >= 15 is 0 Å². The third kappa shape index (κ3) is 2.92. The van der Waals surface area contributed by atoms with Crippen LogP contribution in [0.1, 0.15) is 40.0 Å². The summed E-state index contributed by atoms with van der Waals surface area (Å²) in [4.78, 5) is 11.3.